The predicted molar refractivity (Wildman–Crippen MR) is 135 cm³/mol. The lowest BCUT2D eigenvalue weighted by Crippen LogP contribution is -2.28. The average Bonchev–Trinajstić information content (AvgIpc) is 3.37. The van der Waals surface area contributed by atoms with E-state index in [2.05, 4.69) is 29.3 Å². The molecule has 1 heterocycles. The van der Waals surface area contributed by atoms with Crippen molar-refractivity contribution < 1.29 is 19.1 Å². The monoisotopic (exact) mass is 471 g/mol. The molecule has 0 radical (unpaired) electrons. The lowest BCUT2D eigenvalue weighted by atomic mass is 10.0. The summed E-state index contributed by atoms with van der Waals surface area (Å²) in [7, 11) is 0. The Labute approximate surface area is 205 Å². The third kappa shape index (κ3) is 7.37. The summed E-state index contributed by atoms with van der Waals surface area (Å²) >= 11 is 0. The van der Waals surface area contributed by atoms with E-state index in [4.69, 9.17) is 9.52 Å². The summed E-state index contributed by atoms with van der Waals surface area (Å²) in [5, 5.41) is 17.0. The van der Waals surface area contributed by atoms with Crippen molar-refractivity contribution >= 4 is 18.1 Å². The van der Waals surface area contributed by atoms with Gasteiger partial charge in [-0.2, -0.15) is 0 Å². The summed E-state index contributed by atoms with van der Waals surface area (Å²) in [6.45, 7) is 3.96. The van der Waals surface area contributed by atoms with Crippen LogP contribution in [0.1, 0.15) is 43.2 Å². The van der Waals surface area contributed by atoms with Gasteiger partial charge in [0.1, 0.15) is 6.04 Å². The van der Waals surface area contributed by atoms with Crippen LogP contribution in [0.15, 0.2) is 89.3 Å². The van der Waals surface area contributed by atoms with Gasteiger partial charge >= 0.3 is 5.97 Å². The van der Waals surface area contributed by atoms with Gasteiger partial charge < -0.3 is 14.4 Å². The van der Waals surface area contributed by atoms with Crippen molar-refractivity contribution in [3.05, 3.63) is 102 Å². The fraction of sp³-hybridized carbons (Fsp3) is 0.214. The number of hydrogen-bond donors (Lipinski definition) is 1. The van der Waals surface area contributed by atoms with Crippen LogP contribution in [-0.2, 0) is 16.0 Å². The van der Waals surface area contributed by atoms with Gasteiger partial charge in [0.25, 0.3) is 0 Å². The van der Waals surface area contributed by atoms with E-state index in [1.54, 1.807) is 0 Å². The highest BCUT2D eigenvalue weighted by molar-refractivity contribution is 5.78. The Hall–Kier alpha value is -4.26. The standard InChI is InChI=1S/C21H21N3O4.C7H8/c1-2-19-22-23-21(28-19)18(12-13-20(26)27)24(14-25)17-10-8-16(9-11-17)15-6-4-3-5-7-15;1-7-5-3-2-4-6-7/h3-11,14,18H,2,12-13H2,1H3,(H,26,27);2-6H,1H3. The molecule has 4 aromatic rings. The molecule has 1 atom stereocenters. The number of anilines is 1. The highest BCUT2D eigenvalue weighted by Gasteiger charge is 2.27. The van der Waals surface area contributed by atoms with E-state index < -0.39 is 12.0 Å². The van der Waals surface area contributed by atoms with E-state index in [0.29, 0.717) is 24.4 Å². The maximum Gasteiger partial charge on any atom is 0.303 e. The van der Waals surface area contributed by atoms with Gasteiger partial charge in [-0.1, -0.05) is 85.3 Å². The quantitative estimate of drug-likeness (QED) is 0.307. The van der Waals surface area contributed by atoms with Crippen LogP contribution in [-0.4, -0.2) is 27.7 Å². The van der Waals surface area contributed by atoms with Crippen LogP contribution in [0.4, 0.5) is 5.69 Å². The van der Waals surface area contributed by atoms with Crippen molar-refractivity contribution in [2.45, 2.75) is 39.2 Å². The van der Waals surface area contributed by atoms with Crippen molar-refractivity contribution in [1.29, 1.82) is 0 Å². The predicted octanol–water partition coefficient (Wildman–Crippen LogP) is 5.86. The number of benzene rings is 3. The van der Waals surface area contributed by atoms with Gasteiger partial charge in [0.2, 0.25) is 18.2 Å². The highest BCUT2D eigenvalue weighted by Crippen LogP contribution is 2.31. The molecule has 0 saturated carbocycles. The molecular weight excluding hydrogens is 442 g/mol. The molecule has 180 valence electrons. The molecule has 1 N–H and O–H groups in total. The van der Waals surface area contributed by atoms with Crippen molar-refractivity contribution in [2.75, 3.05) is 4.90 Å². The molecule has 3 aromatic carbocycles. The first kappa shape index (κ1) is 25.4. The zero-order chi connectivity index (χ0) is 25.0. The second kappa shape index (κ2) is 12.8. The number of hydrogen-bond acceptors (Lipinski definition) is 5. The zero-order valence-electron chi connectivity index (χ0n) is 19.9. The van der Waals surface area contributed by atoms with E-state index in [1.807, 2.05) is 79.7 Å². The third-order valence-corrected chi connectivity index (χ3v) is 5.36. The SMILES string of the molecule is CCc1nnc(C(CCC(=O)O)N(C=O)c2ccc(-c3ccccc3)cc2)o1.Cc1ccccc1. The molecule has 1 aromatic heterocycles. The summed E-state index contributed by atoms with van der Waals surface area (Å²) in [5.41, 5.74) is 4.03. The zero-order valence-corrected chi connectivity index (χ0v) is 19.9. The van der Waals surface area contributed by atoms with Gasteiger partial charge in [-0.25, -0.2) is 0 Å². The number of aryl methyl sites for hydroxylation is 2. The number of carboxylic acids is 1. The molecule has 0 saturated heterocycles. The molecule has 4 rings (SSSR count). The number of nitrogens with zero attached hydrogens (tertiary/aromatic N) is 3. The van der Waals surface area contributed by atoms with Crippen LogP contribution in [0.3, 0.4) is 0 Å². The summed E-state index contributed by atoms with van der Waals surface area (Å²) in [5.74, 6) is -0.275. The third-order valence-electron chi connectivity index (χ3n) is 5.36. The van der Waals surface area contributed by atoms with E-state index in [9.17, 15) is 9.59 Å². The Bertz CT molecular complexity index is 1190. The van der Waals surface area contributed by atoms with Gasteiger partial charge in [0.15, 0.2) is 0 Å². The number of carboxylic acid groups (broad SMARTS) is 1. The Kier molecular flexibility index (Phi) is 9.31. The molecule has 1 unspecified atom stereocenters. The van der Waals surface area contributed by atoms with Gasteiger partial charge in [-0.3, -0.25) is 9.59 Å². The van der Waals surface area contributed by atoms with Crippen LogP contribution >= 0.6 is 0 Å². The van der Waals surface area contributed by atoms with Crippen molar-refractivity contribution in [3.63, 3.8) is 0 Å². The minimum atomic E-state index is -0.953. The molecule has 7 nitrogen and oxygen atoms in total. The molecule has 0 bridgehead atoms. The highest BCUT2D eigenvalue weighted by atomic mass is 16.4. The molecule has 0 fully saturated rings. The van der Waals surface area contributed by atoms with Crippen LogP contribution in [0.5, 0.6) is 0 Å². The first-order valence-corrected chi connectivity index (χ1v) is 11.5. The lowest BCUT2D eigenvalue weighted by Gasteiger charge is -2.25. The second-order valence-corrected chi connectivity index (χ2v) is 7.92. The van der Waals surface area contributed by atoms with Crippen molar-refractivity contribution in [2.24, 2.45) is 0 Å². The van der Waals surface area contributed by atoms with E-state index in [-0.39, 0.29) is 18.7 Å². The lowest BCUT2D eigenvalue weighted by molar-refractivity contribution is -0.137. The Morgan fingerprint density at radius 3 is 2.03 bits per heavy atom. The number of aliphatic carboxylic acids is 1. The van der Waals surface area contributed by atoms with Gasteiger partial charge in [-0.15, -0.1) is 10.2 Å². The smallest absolute Gasteiger partial charge is 0.303 e. The molecule has 0 aliphatic rings. The fourth-order valence-electron chi connectivity index (χ4n) is 3.49. The maximum absolute atomic E-state index is 11.9. The molecular formula is C28H29N3O4. The van der Waals surface area contributed by atoms with E-state index in [0.717, 1.165) is 11.1 Å². The molecule has 35 heavy (non-hydrogen) atoms. The van der Waals surface area contributed by atoms with Crippen molar-refractivity contribution in [3.8, 4) is 11.1 Å². The Morgan fingerprint density at radius 1 is 0.943 bits per heavy atom. The van der Waals surface area contributed by atoms with Crippen LogP contribution in [0, 0.1) is 6.92 Å². The molecule has 0 spiro atoms. The summed E-state index contributed by atoms with van der Waals surface area (Å²) in [4.78, 5) is 24.4. The van der Waals surface area contributed by atoms with E-state index >= 15 is 0 Å². The fourth-order valence-corrected chi connectivity index (χ4v) is 3.49. The number of amides is 1. The van der Waals surface area contributed by atoms with Crippen molar-refractivity contribution in [1.82, 2.24) is 10.2 Å². The summed E-state index contributed by atoms with van der Waals surface area (Å²) in [6, 6.07) is 27.0. The van der Waals surface area contributed by atoms with Crippen LogP contribution in [0.25, 0.3) is 11.1 Å². The van der Waals surface area contributed by atoms with Crippen LogP contribution < -0.4 is 4.90 Å². The largest absolute Gasteiger partial charge is 0.481 e. The number of carbonyl (C=O) groups excluding carboxylic acids is 1. The Balaban J connectivity index is 0.000000420. The second-order valence-electron chi connectivity index (χ2n) is 7.92. The topological polar surface area (TPSA) is 96.5 Å². The summed E-state index contributed by atoms with van der Waals surface area (Å²) < 4.78 is 5.61. The van der Waals surface area contributed by atoms with E-state index in [1.165, 1.54) is 10.5 Å². The number of rotatable bonds is 9. The molecule has 0 aliphatic heterocycles. The molecule has 7 heteroatoms. The van der Waals surface area contributed by atoms with Gasteiger partial charge in [-0.05, 0) is 36.6 Å². The van der Waals surface area contributed by atoms with Crippen LogP contribution in [0.2, 0.25) is 0 Å². The first-order chi connectivity index (χ1) is 17.0. The van der Waals surface area contributed by atoms with Gasteiger partial charge in [0, 0.05) is 18.5 Å². The Morgan fingerprint density at radius 2 is 1.54 bits per heavy atom. The maximum atomic E-state index is 11.9. The minimum Gasteiger partial charge on any atom is -0.481 e. The minimum absolute atomic E-state index is 0.124. The normalized spacial score (nSPS) is 11.1. The van der Waals surface area contributed by atoms with Gasteiger partial charge in [0.05, 0.1) is 0 Å². The number of aromatic nitrogens is 2. The average molecular weight is 472 g/mol. The first-order valence-electron chi connectivity index (χ1n) is 11.5. The molecule has 1 amide bonds. The molecule has 0 aliphatic carbocycles. The number of carbonyl (C=O) groups is 2. The summed E-state index contributed by atoms with van der Waals surface area (Å²) in [6.07, 6.45) is 1.27.